The lowest BCUT2D eigenvalue weighted by atomic mass is 10.1. The third-order valence-electron chi connectivity index (χ3n) is 3.20. The molecule has 1 aromatic carbocycles. The quantitative estimate of drug-likeness (QED) is 0.736. The first-order valence-electron chi connectivity index (χ1n) is 6.78. The van der Waals surface area contributed by atoms with Gasteiger partial charge in [0, 0.05) is 18.4 Å². The smallest absolute Gasteiger partial charge is 0.136 e. The first-order chi connectivity index (χ1) is 9.22. The second kappa shape index (κ2) is 6.41. The maximum absolute atomic E-state index is 11.3. The molecule has 0 bridgehead atoms. The molecule has 3 heteroatoms. The number of Topliss-reactive ketones (excluding diaryl/α,β-unsaturated/α-hetero) is 1. The van der Waals surface area contributed by atoms with Crippen molar-refractivity contribution in [2.75, 3.05) is 6.61 Å². The van der Waals surface area contributed by atoms with Gasteiger partial charge in [0.15, 0.2) is 0 Å². The van der Waals surface area contributed by atoms with Crippen molar-refractivity contribution in [3.63, 3.8) is 0 Å². The van der Waals surface area contributed by atoms with Crippen molar-refractivity contribution in [3.05, 3.63) is 36.4 Å². The van der Waals surface area contributed by atoms with Crippen molar-refractivity contribution >= 4 is 5.78 Å². The van der Waals surface area contributed by atoms with Crippen LogP contribution in [0, 0.1) is 0 Å². The van der Waals surface area contributed by atoms with Crippen LogP contribution in [0.25, 0.3) is 0 Å². The van der Waals surface area contributed by atoms with E-state index in [1.54, 1.807) is 0 Å². The fourth-order valence-electron chi connectivity index (χ4n) is 2.30. The fourth-order valence-corrected chi connectivity index (χ4v) is 2.30. The van der Waals surface area contributed by atoms with Gasteiger partial charge in [-0.15, -0.1) is 6.58 Å². The Bertz CT molecular complexity index is 465. The summed E-state index contributed by atoms with van der Waals surface area (Å²) < 4.78 is 11.4. The maximum atomic E-state index is 11.3. The van der Waals surface area contributed by atoms with Gasteiger partial charge in [-0.1, -0.05) is 6.08 Å². The number of carbonyl (C=O) groups is 1. The van der Waals surface area contributed by atoms with E-state index in [-0.39, 0.29) is 6.10 Å². The van der Waals surface area contributed by atoms with Crippen LogP contribution in [-0.2, 0) is 11.2 Å². The Kier molecular flexibility index (Phi) is 4.61. The van der Waals surface area contributed by atoms with Crippen LogP contribution in [0.2, 0.25) is 0 Å². The summed E-state index contributed by atoms with van der Waals surface area (Å²) >= 11 is 0. The van der Waals surface area contributed by atoms with Crippen molar-refractivity contribution < 1.29 is 14.3 Å². The van der Waals surface area contributed by atoms with E-state index in [4.69, 9.17) is 9.47 Å². The molecule has 0 radical (unpaired) electrons. The Labute approximate surface area is 114 Å². The highest BCUT2D eigenvalue weighted by Gasteiger charge is 2.24. The van der Waals surface area contributed by atoms with E-state index in [0.717, 1.165) is 29.9 Å². The predicted octanol–water partition coefficient (Wildman–Crippen LogP) is 3.31. The van der Waals surface area contributed by atoms with Gasteiger partial charge >= 0.3 is 0 Å². The molecule has 1 unspecified atom stereocenters. The maximum Gasteiger partial charge on any atom is 0.136 e. The molecule has 1 aromatic rings. The van der Waals surface area contributed by atoms with Crippen LogP contribution in [0.4, 0.5) is 0 Å². The molecule has 2 rings (SSSR count). The van der Waals surface area contributed by atoms with Crippen molar-refractivity contribution in [2.45, 2.75) is 38.7 Å². The summed E-state index contributed by atoms with van der Waals surface area (Å²) in [5.74, 6) is 1.97. The standard InChI is InChI=1S/C16H20O3/c1-3-5-12-10-14(18-4-2)8-9-16(12)19-15-7-6-13(17)11-15/h3,8-10,15H,1,4-7,11H2,2H3. The van der Waals surface area contributed by atoms with Gasteiger partial charge in [-0.3, -0.25) is 4.79 Å². The second-order valence-electron chi connectivity index (χ2n) is 4.72. The number of benzene rings is 1. The first-order valence-corrected chi connectivity index (χ1v) is 6.78. The molecule has 1 aliphatic rings. The number of rotatable bonds is 6. The van der Waals surface area contributed by atoms with E-state index in [1.165, 1.54) is 0 Å². The minimum atomic E-state index is 0.0222. The number of hydrogen-bond donors (Lipinski definition) is 0. The molecule has 0 heterocycles. The summed E-state index contributed by atoms with van der Waals surface area (Å²) in [5.41, 5.74) is 1.06. The summed E-state index contributed by atoms with van der Waals surface area (Å²) in [5, 5.41) is 0. The van der Waals surface area contributed by atoms with Crippen LogP contribution in [0.3, 0.4) is 0 Å². The average molecular weight is 260 g/mol. The SMILES string of the molecule is C=CCc1cc(OCC)ccc1OC1CCC(=O)C1. The summed E-state index contributed by atoms with van der Waals surface area (Å²) in [4.78, 5) is 11.3. The highest BCUT2D eigenvalue weighted by Crippen LogP contribution is 2.29. The molecule has 0 N–H and O–H groups in total. The average Bonchev–Trinajstić information content (AvgIpc) is 2.79. The van der Waals surface area contributed by atoms with Crippen LogP contribution in [0.1, 0.15) is 31.7 Å². The van der Waals surface area contributed by atoms with Gasteiger partial charge in [0.25, 0.3) is 0 Å². The van der Waals surface area contributed by atoms with E-state index in [2.05, 4.69) is 6.58 Å². The minimum Gasteiger partial charge on any atom is -0.494 e. The molecule has 0 saturated heterocycles. The second-order valence-corrected chi connectivity index (χ2v) is 4.72. The van der Waals surface area contributed by atoms with Crippen LogP contribution in [-0.4, -0.2) is 18.5 Å². The van der Waals surface area contributed by atoms with E-state index in [0.29, 0.717) is 25.2 Å². The lowest BCUT2D eigenvalue weighted by Crippen LogP contribution is -2.13. The van der Waals surface area contributed by atoms with Crippen LogP contribution in [0.5, 0.6) is 11.5 Å². The van der Waals surface area contributed by atoms with Crippen LogP contribution < -0.4 is 9.47 Å². The van der Waals surface area contributed by atoms with E-state index >= 15 is 0 Å². The highest BCUT2D eigenvalue weighted by molar-refractivity contribution is 5.81. The van der Waals surface area contributed by atoms with Gasteiger partial charge in [0.2, 0.25) is 0 Å². The van der Waals surface area contributed by atoms with E-state index in [1.807, 2.05) is 31.2 Å². The molecule has 1 saturated carbocycles. The van der Waals surface area contributed by atoms with Gasteiger partial charge in [-0.05, 0) is 38.0 Å². The lowest BCUT2D eigenvalue weighted by Gasteiger charge is -2.16. The Morgan fingerprint density at radius 1 is 1.47 bits per heavy atom. The Morgan fingerprint density at radius 2 is 2.32 bits per heavy atom. The van der Waals surface area contributed by atoms with Crippen molar-refractivity contribution in [2.24, 2.45) is 0 Å². The third-order valence-corrected chi connectivity index (χ3v) is 3.20. The van der Waals surface area contributed by atoms with Crippen LogP contribution >= 0.6 is 0 Å². The van der Waals surface area contributed by atoms with Gasteiger partial charge in [-0.2, -0.15) is 0 Å². The minimum absolute atomic E-state index is 0.0222. The number of hydrogen-bond acceptors (Lipinski definition) is 3. The monoisotopic (exact) mass is 260 g/mol. The number of ether oxygens (including phenoxy) is 2. The zero-order chi connectivity index (χ0) is 13.7. The molecule has 19 heavy (non-hydrogen) atoms. The third kappa shape index (κ3) is 3.60. The van der Waals surface area contributed by atoms with E-state index in [9.17, 15) is 4.79 Å². The molecule has 1 atom stereocenters. The van der Waals surface area contributed by atoms with Crippen molar-refractivity contribution in [1.29, 1.82) is 0 Å². The molecular formula is C16H20O3. The molecule has 3 nitrogen and oxygen atoms in total. The highest BCUT2D eigenvalue weighted by atomic mass is 16.5. The molecule has 0 aromatic heterocycles. The zero-order valence-corrected chi connectivity index (χ0v) is 11.4. The van der Waals surface area contributed by atoms with E-state index < -0.39 is 0 Å². The fraction of sp³-hybridized carbons (Fsp3) is 0.438. The van der Waals surface area contributed by atoms with Gasteiger partial charge in [0.1, 0.15) is 23.4 Å². The largest absolute Gasteiger partial charge is 0.494 e. The molecule has 1 aliphatic carbocycles. The number of carbonyl (C=O) groups excluding carboxylic acids is 1. The topological polar surface area (TPSA) is 35.5 Å². The predicted molar refractivity (Wildman–Crippen MR) is 74.8 cm³/mol. The zero-order valence-electron chi connectivity index (χ0n) is 11.4. The summed E-state index contributed by atoms with van der Waals surface area (Å²) in [6.07, 6.45) is 4.59. The number of ketones is 1. The molecule has 0 spiro atoms. The summed E-state index contributed by atoms with van der Waals surface area (Å²) in [6.45, 7) is 6.37. The molecular weight excluding hydrogens is 240 g/mol. The summed E-state index contributed by atoms with van der Waals surface area (Å²) in [7, 11) is 0. The van der Waals surface area contributed by atoms with Gasteiger partial charge in [0.05, 0.1) is 6.61 Å². The first kappa shape index (κ1) is 13.7. The number of allylic oxidation sites excluding steroid dienone is 1. The Balaban J connectivity index is 2.13. The Morgan fingerprint density at radius 3 is 2.95 bits per heavy atom. The normalized spacial score (nSPS) is 18.4. The van der Waals surface area contributed by atoms with Crippen molar-refractivity contribution in [3.8, 4) is 11.5 Å². The molecule has 0 aliphatic heterocycles. The lowest BCUT2D eigenvalue weighted by molar-refractivity contribution is -0.117. The molecule has 102 valence electrons. The summed E-state index contributed by atoms with van der Waals surface area (Å²) in [6, 6.07) is 5.81. The molecule has 1 fully saturated rings. The Hall–Kier alpha value is -1.77. The van der Waals surface area contributed by atoms with Gasteiger partial charge in [-0.25, -0.2) is 0 Å². The molecule has 0 amide bonds. The van der Waals surface area contributed by atoms with Gasteiger partial charge < -0.3 is 9.47 Å². The van der Waals surface area contributed by atoms with Crippen molar-refractivity contribution in [1.82, 2.24) is 0 Å². The van der Waals surface area contributed by atoms with Crippen LogP contribution in [0.15, 0.2) is 30.9 Å².